The number of benzene rings is 1. The molecule has 0 amide bonds. The lowest BCUT2D eigenvalue weighted by Gasteiger charge is -2.30. The highest BCUT2D eigenvalue weighted by atomic mass is 19.1. The fourth-order valence-corrected chi connectivity index (χ4v) is 2.50. The molecular formula is C13H15FO3. The van der Waals surface area contributed by atoms with E-state index in [0.717, 1.165) is 24.2 Å². The summed E-state index contributed by atoms with van der Waals surface area (Å²) in [4.78, 5) is 0. The van der Waals surface area contributed by atoms with E-state index in [1.165, 1.54) is 12.1 Å². The van der Waals surface area contributed by atoms with Gasteiger partial charge in [0, 0.05) is 13.0 Å². The van der Waals surface area contributed by atoms with Gasteiger partial charge in [0.2, 0.25) is 0 Å². The van der Waals surface area contributed by atoms with E-state index in [4.69, 9.17) is 14.6 Å². The molecular weight excluding hydrogens is 223 g/mol. The fourth-order valence-electron chi connectivity index (χ4n) is 2.50. The van der Waals surface area contributed by atoms with Gasteiger partial charge in [-0.3, -0.25) is 0 Å². The molecule has 2 heterocycles. The molecule has 0 aliphatic carbocycles. The molecule has 17 heavy (non-hydrogen) atoms. The van der Waals surface area contributed by atoms with E-state index in [0.29, 0.717) is 13.0 Å². The second-order valence-corrected chi connectivity index (χ2v) is 4.72. The predicted molar refractivity (Wildman–Crippen MR) is 59.5 cm³/mol. The Hall–Kier alpha value is -1.13. The Morgan fingerprint density at radius 3 is 3.00 bits per heavy atom. The standard InChI is InChI=1S/C13H15FO3/c14-10-2-3-11-9(7-10)1-4-12(17-11)13(5-6-15)8-16-13/h2-3,7,12,15H,1,4-6,8H2. The third-order valence-electron chi connectivity index (χ3n) is 3.60. The smallest absolute Gasteiger partial charge is 0.130 e. The number of aryl methyl sites for hydroxylation is 1. The summed E-state index contributed by atoms with van der Waals surface area (Å²) >= 11 is 0. The van der Waals surface area contributed by atoms with E-state index in [2.05, 4.69) is 0 Å². The largest absolute Gasteiger partial charge is 0.487 e. The molecule has 0 aromatic heterocycles. The maximum Gasteiger partial charge on any atom is 0.130 e. The molecule has 92 valence electrons. The minimum atomic E-state index is -0.305. The van der Waals surface area contributed by atoms with Crippen LogP contribution >= 0.6 is 0 Å². The zero-order chi connectivity index (χ0) is 11.9. The van der Waals surface area contributed by atoms with Crippen LogP contribution in [0.25, 0.3) is 0 Å². The van der Waals surface area contributed by atoms with Crippen LogP contribution in [0.3, 0.4) is 0 Å². The molecule has 1 fully saturated rings. The average Bonchev–Trinajstić information content (AvgIpc) is 3.10. The van der Waals surface area contributed by atoms with Crippen molar-refractivity contribution in [3.05, 3.63) is 29.6 Å². The van der Waals surface area contributed by atoms with Crippen molar-refractivity contribution in [1.29, 1.82) is 0 Å². The van der Waals surface area contributed by atoms with Gasteiger partial charge in [-0.05, 0) is 36.6 Å². The Balaban J connectivity index is 1.79. The van der Waals surface area contributed by atoms with Crippen LogP contribution in [0.15, 0.2) is 18.2 Å². The molecule has 0 saturated carbocycles. The van der Waals surface area contributed by atoms with Crippen molar-refractivity contribution in [1.82, 2.24) is 0 Å². The van der Waals surface area contributed by atoms with Gasteiger partial charge in [-0.25, -0.2) is 4.39 Å². The number of hydrogen-bond donors (Lipinski definition) is 1. The van der Waals surface area contributed by atoms with E-state index in [-0.39, 0.29) is 24.1 Å². The first-order chi connectivity index (χ1) is 8.23. The van der Waals surface area contributed by atoms with Crippen LogP contribution in [0.1, 0.15) is 18.4 Å². The normalized spacial score (nSPS) is 30.6. The summed E-state index contributed by atoms with van der Waals surface area (Å²) in [6, 6.07) is 4.61. The van der Waals surface area contributed by atoms with Crippen LogP contribution in [0.5, 0.6) is 5.75 Å². The van der Waals surface area contributed by atoms with Gasteiger partial charge < -0.3 is 14.6 Å². The molecule has 3 nitrogen and oxygen atoms in total. The van der Waals surface area contributed by atoms with Gasteiger partial charge in [0.1, 0.15) is 23.3 Å². The fraction of sp³-hybridized carbons (Fsp3) is 0.538. The number of epoxide rings is 1. The maximum atomic E-state index is 13.0. The molecule has 1 aromatic carbocycles. The van der Waals surface area contributed by atoms with Crippen LogP contribution in [0.2, 0.25) is 0 Å². The zero-order valence-corrected chi connectivity index (χ0v) is 9.49. The lowest BCUT2D eigenvalue weighted by atomic mass is 9.91. The number of aliphatic hydroxyl groups is 1. The molecule has 2 unspecified atom stereocenters. The number of hydrogen-bond acceptors (Lipinski definition) is 3. The number of rotatable bonds is 3. The van der Waals surface area contributed by atoms with Crippen LogP contribution in [-0.4, -0.2) is 30.0 Å². The molecule has 4 heteroatoms. The van der Waals surface area contributed by atoms with Crippen molar-refractivity contribution < 1.29 is 19.0 Å². The van der Waals surface area contributed by atoms with Crippen molar-refractivity contribution in [2.45, 2.75) is 31.0 Å². The number of aliphatic hydroxyl groups excluding tert-OH is 1. The highest BCUT2D eigenvalue weighted by molar-refractivity contribution is 5.36. The van der Waals surface area contributed by atoms with E-state index < -0.39 is 0 Å². The van der Waals surface area contributed by atoms with E-state index in [9.17, 15) is 4.39 Å². The van der Waals surface area contributed by atoms with Gasteiger partial charge in [-0.2, -0.15) is 0 Å². The topological polar surface area (TPSA) is 42.0 Å². The summed E-state index contributed by atoms with van der Waals surface area (Å²) < 4.78 is 24.4. The summed E-state index contributed by atoms with van der Waals surface area (Å²) in [5.41, 5.74) is 0.613. The summed E-state index contributed by atoms with van der Waals surface area (Å²) in [6.07, 6.45) is 2.20. The van der Waals surface area contributed by atoms with E-state index in [1.54, 1.807) is 6.07 Å². The van der Waals surface area contributed by atoms with Crippen LogP contribution in [0, 0.1) is 5.82 Å². The lowest BCUT2D eigenvalue weighted by Crippen LogP contribution is -2.38. The Morgan fingerprint density at radius 2 is 2.29 bits per heavy atom. The molecule has 1 N–H and O–H groups in total. The monoisotopic (exact) mass is 238 g/mol. The summed E-state index contributed by atoms with van der Waals surface area (Å²) in [6.45, 7) is 0.755. The second-order valence-electron chi connectivity index (χ2n) is 4.72. The predicted octanol–water partition coefficient (Wildman–Crippen LogP) is 1.67. The van der Waals surface area contributed by atoms with E-state index >= 15 is 0 Å². The highest BCUT2D eigenvalue weighted by Crippen LogP contribution is 2.41. The Bertz CT molecular complexity index is 429. The number of halogens is 1. The van der Waals surface area contributed by atoms with Gasteiger partial charge >= 0.3 is 0 Å². The summed E-state index contributed by atoms with van der Waals surface area (Å²) in [7, 11) is 0. The van der Waals surface area contributed by atoms with Crippen molar-refractivity contribution >= 4 is 0 Å². The molecule has 2 aliphatic heterocycles. The summed E-state index contributed by atoms with van der Waals surface area (Å²) in [5, 5.41) is 9.02. The minimum absolute atomic E-state index is 0.0207. The molecule has 2 atom stereocenters. The zero-order valence-electron chi connectivity index (χ0n) is 9.49. The van der Waals surface area contributed by atoms with Crippen molar-refractivity contribution in [3.63, 3.8) is 0 Å². The molecule has 1 aromatic rings. The maximum absolute atomic E-state index is 13.0. The third kappa shape index (κ3) is 1.91. The van der Waals surface area contributed by atoms with Crippen LogP contribution in [0.4, 0.5) is 4.39 Å². The highest BCUT2D eigenvalue weighted by Gasteiger charge is 2.53. The molecule has 3 rings (SSSR count). The quantitative estimate of drug-likeness (QED) is 0.814. The van der Waals surface area contributed by atoms with E-state index in [1.807, 2.05) is 0 Å². The molecule has 0 radical (unpaired) electrons. The first kappa shape index (κ1) is 11.0. The second kappa shape index (κ2) is 3.96. The number of fused-ring (bicyclic) bond motifs is 1. The van der Waals surface area contributed by atoms with Crippen molar-refractivity contribution in [2.24, 2.45) is 0 Å². The first-order valence-corrected chi connectivity index (χ1v) is 5.93. The Morgan fingerprint density at radius 1 is 1.47 bits per heavy atom. The van der Waals surface area contributed by atoms with Gasteiger partial charge in [-0.15, -0.1) is 0 Å². The lowest BCUT2D eigenvalue weighted by molar-refractivity contribution is 0.0614. The van der Waals surface area contributed by atoms with Gasteiger partial charge in [0.25, 0.3) is 0 Å². The van der Waals surface area contributed by atoms with Gasteiger partial charge in [0.05, 0.1) is 6.61 Å². The Labute approximate surface area is 99.2 Å². The van der Waals surface area contributed by atoms with Gasteiger partial charge in [-0.1, -0.05) is 0 Å². The van der Waals surface area contributed by atoms with Crippen molar-refractivity contribution in [3.8, 4) is 5.75 Å². The van der Waals surface area contributed by atoms with Crippen LogP contribution in [-0.2, 0) is 11.2 Å². The SMILES string of the molecule is OCCC1(C2CCc3cc(F)ccc3O2)CO1. The minimum Gasteiger partial charge on any atom is -0.487 e. The van der Waals surface area contributed by atoms with Crippen molar-refractivity contribution in [2.75, 3.05) is 13.2 Å². The molecule has 0 spiro atoms. The molecule has 2 aliphatic rings. The van der Waals surface area contributed by atoms with Gasteiger partial charge in [0.15, 0.2) is 0 Å². The number of ether oxygens (including phenoxy) is 2. The van der Waals surface area contributed by atoms with Crippen LogP contribution < -0.4 is 4.74 Å². The first-order valence-electron chi connectivity index (χ1n) is 5.93. The molecule has 0 bridgehead atoms. The summed E-state index contributed by atoms with van der Waals surface area (Å²) in [5.74, 6) is 0.522. The Kier molecular flexibility index (Phi) is 2.56. The third-order valence-corrected chi connectivity index (χ3v) is 3.60. The average molecular weight is 238 g/mol. The molecule has 1 saturated heterocycles.